The number of hydrogen-bond donors (Lipinski definition) is 1. The van der Waals surface area contributed by atoms with Gasteiger partial charge >= 0.3 is 0 Å². The zero-order valence-corrected chi connectivity index (χ0v) is 10.3. The van der Waals surface area contributed by atoms with E-state index < -0.39 is 0 Å². The summed E-state index contributed by atoms with van der Waals surface area (Å²) < 4.78 is 0. The first-order chi connectivity index (χ1) is 7.63. The van der Waals surface area contributed by atoms with E-state index in [-0.39, 0.29) is 5.91 Å². The summed E-state index contributed by atoms with van der Waals surface area (Å²) in [4.78, 5) is 13.6. The van der Waals surface area contributed by atoms with Gasteiger partial charge in [-0.1, -0.05) is 25.7 Å². The molecule has 1 amide bonds. The second-order valence-corrected chi connectivity index (χ2v) is 4.81. The van der Waals surface area contributed by atoms with Crippen molar-refractivity contribution in [1.29, 1.82) is 0 Å². The molecular weight excluding hydrogens is 200 g/mol. The summed E-state index contributed by atoms with van der Waals surface area (Å²) in [6, 6.07) is 0.362. The van der Waals surface area contributed by atoms with Gasteiger partial charge in [-0.05, 0) is 25.8 Å². The number of terminal acetylenes is 1. The van der Waals surface area contributed by atoms with Gasteiger partial charge in [-0.2, -0.15) is 0 Å². The summed E-state index contributed by atoms with van der Waals surface area (Å²) in [5.41, 5.74) is 0. The van der Waals surface area contributed by atoms with Gasteiger partial charge in [0.25, 0.3) is 0 Å². The molecule has 1 N–H and O–H groups in total. The minimum absolute atomic E-state index is 0.0940. The third-order valence-corrected chi connectivity index (χ3v) is 3.23. The molecule has 16 heavy (non-hydrogen) atoms. The van der Waals surface area contributed by atoms with Gasteiger partial charge in [0, 0.05) is 6.04 Å². The van der Waals surface area contributed by atoms with E-state index in [2.05, 4.69) is 18.2 Å². The fraction of sp³-hybridized carbons (Fsp3) is 0.769. The van der Waals surface area contributed by atoms with Crippen molar-refractivity contribution < 1.29 is 4.79 Å². The van der Waals surface area contributed by atoms with Crippen LogP contribution in [-0.2, 0) is 4.79 Å². The van der Waals surface area contributed by atoms with Crippen LogP contribution in [0.4, 0.5) is 0 Å². The molecule has 1 rings (SSSR count). The predicted octanol–water partition coefficient (Wildman–Crippen LogP) is 1.25. The fourth-order valence-electron chi connectivity index (χ4n) is 2.24. The highest BCUT2D eigenvalue weighted by atomic mass is 16.2. The molecule has 0 aromatic heterocycles. The second-order valence-electron chi connectivity index (χ2n) is 4.81. The topological polar surface area (TPSA) is 32.3 Å². The van der Waals surface area contributed by atoms with Gasteiger partial charge in [-0.25, -0.2) is 0 Å². The van der Waals surface area contributed by atoms with Crippen LogP contribution >= 0.6 is 0 Å². The molecule has 0 aromatic rings. The van der Waals surface area contributed by atoms with Crippen LogP contribution in [0.15, 0.2) is 0 Å². The van der Waals surface area contributed by atoms with Crippen LogP contribution in [-0.4, -0.2) is 37.0 Å². The summed E-state index contributed by atoms with van der Waals surface area (Å²) in [5, 5.41) is 3.11. The molecule has 0 aliphatic heterocycles. The lowest BCUT2D eigenvalue weighted by atomic mass is 9.86. The maximum atomic E-state index is 11.7. The van der Waals surface area contributed by atoms with Crippen molar-refractivity contribution in [2.45, 2.75) is 38.6 Å². The Morgan fingerprint density at radius 3 is 2.81 bits per heavy atom. The van der Waals surface area contributed by atoms with Gasteiger partial charge in [0.05, 0.1) is 13.1 Å². The molecule has 1 aliphatic carbocycles. The zero-order chi connectivity index (χ0) is 12.0. The number of amides is 1. The SMILES string of the molecule is C#CCN(C)CC(=O)N[C@@H]1CCCC[C@@H]1C. The van der Waals surface area contributed by atoms with Crippen LogP contribution in [0.2, 0.25) is 0 Å². The molecule has 0 saturated heterocycles. The normalized spacial score (nSPS) is 25.1. The van der Waals surface area contributed by atoms with E-state index in [1.807, 2.05) is 11.9 Å². The number of carbonyl (C=O) groups is 1. The van der Waals surface area contributed by atoms with E-state index in [0.717, 1.165) is 6.42 Å². The van der Waals surface area contributed by atoms with E-state index in [4.69, 9.17) is 6.42 Å². The number of nitrogens with zero attached hydrogens (tertiary/aromatic N) is 1. The van der Waals surface area contributed by atoms with Crippen molar-refractivity contribution in [3.8, 4) is 12.3 Å². The number of nitrogens with one attached hydrogen (secondary N) is 1. The van der Waals surface area contributed by atoms with Crippen molar-refractivity contribution in [1.82, 2.24) is 10.2 Å². The number of hydrogen-bond acceptors (Lipinski definition) is 2. The second kappa shape index (κ2) is 6.55. The summed E-state index contributed by atoms with van der Waals surface area (Å²) in [7, 11) is 1.86. The molecule has 0 radical (unpaired) electrons. The molecule has 1 fully saturated rings. The van der Waals surface area contributed by atoms with Gasteiger partial charge in [-0.3, -0.25) is 9.69 Å². The summed E-state index contributed by atoms with van der Waals surface area (Å²) in [6.07, 6.45) is 10.1. The van der Waals surface area contributed by atoms with Gasteiger partial charge in [0.2, 0.25) is 5.91 Å². The monoisotopic (exact) mass is 222 g/mol. The van der Waals surface area contributed by atoms with Gasteiger partial charge in [0.15, 0.2) is 0 Å². The standard InChI is InChI=1S/C13H22N2O/c1-4-9-15(3)10-13(16)14-12-8-6-5-7-11(12)2/h1,11-12H,5-10H2,2-3H3,(H,14,16)/t11-,12+/m0/s1. The first-order valence-electron chi connectivity index (χ1n) is 6.05. The minimum atomic E-state index is 0.0940. The number of rotatable bonds is 4. The molecule has 3 nitrogen and oxygen atoms in total. The van der Waals surface area contributed by atoms with Crippen molar-refractivity contribution in [2.75, 3.05) is 20.1 Å². The molecule has 1 aliphatic rings. The van der Waals surface area contributed by atoms with Crippen LogP contribution in [0.1, 0.15) is 32.6 Å². The van der Waals surface area contributed by atoms with Crippen LogP contribution < -0.4 is 5.32 Å². The Morgan fingerprint density at radius 2 is 2.19 bits per heavy atom. The van der Waals surface area contributed by atoms with E-state index in [1.54, 1.807) is 0 Å². The van der Waals surface area contributed by atoms with Crippen molar-refractivity contribution in [3.05, 3.63) is 0 Å². The van der Waals surface area contributed by atoms with E-state index in [1.165, 1.54) is 19.3 Å². The largest absolute Gasteiger partial charge is 0.352 e. The van der Waals surface area contributed by atoms with Gasteiger partial charge in [0.1, 0.15) is 0 Å². The predicted molar refractivity (Wildman–Crippen MR) is 65.9 cm³/mol. The Kier molecular flexibility index (Phi) is 5.34. The Labute approximate surface area is 98.6 Å². The van der Waals surface area contributed by atoms with Crippen molar-refractivity contribution >= 4 is 5.91 Å². The fourth-order valence-corrected chi connectivity index (χ4v) is 2.24. The molecule has 2 atom stereocenters. The molecule has 3 heteroatoms. The van der Waals surface area contributed by atoms with Crippen LogP contribution in [0, 0.1) is 18.3 Å². The van der Waals surface area contributed by atoms with Crippen LogP contribution in [0.25, 0.3) is 0 Å². The zero-order valence-electron chi connectivity index (χ0n) is 10.3. The molecule has 1 saturated carbocycles. The summed E-state index contributed by atoms with van der Waals surface area (Å²) in [5.74, 6) is 3.23. The smallest absolute Gasteiger partial charge is 0.234 e. The van der Waals surface area contributed by atoms with E-state index in [0.29, 0.717) is 25.0 Å². The lowest BCUT2D eigenvalue weighted by Gasteiger charge is -2.30. The minimum Gasteiger partial charge on any atom is -0.352 e. The summed E-state index contributed by atoms with van der Waals surface area (Å²) >= 11 is 0. The molecular formula is C13H22N2O. The third kappa shape index (κ3) is 4.24. The Hall–Kier alpha value is -1.01. The van der Waals surface area contributed by atoms with Crippen LogP contribution in [0.3, 0.4) is 0 Å². The quantitative estimate of drug-likeness (QED) is 0.726. The Balaban J connectivity index is 2.30. The Morgan fingerprint density at radius 1 is 1.50 bits per heavy atom. The molecule has 0 heterocycles. The molecule has 0 spiro atoms. The molecule has 0 unspecified atom stereocenters. The van der Waals surface area contributed by atoms with E-state index >= 15 is 0 Å². The van der Waals surface area contributed by atoms with Gasteiger partial charge < -0.3 is 5.32 Å². The average molecular weight is 222 g/mol. The lowest BCUT2D eigenvalue weighted by Crippen LogP contribution is -2.45. The highest BCUT2D eigenvalue weighted by molar-refractivity contribution is 5.78. The maximum Gasteiger partial charge on any atom is 0.234 e. The third-order valence-electron chi connectivity index (χ3n) is 3.23. The van der Waals surface area contributed by atoms with E-state index in [9.17, 15) is 4.79 Å². The number of carbonyl (C=O) groups excluding carboxylic acids is 1. The molecule has 90 valence electrons. The number of likely N-dealkylation sites (N-methyl/N-ethyl adjacent to an activating group) is 1. The summed E-state index contributed by atoms with van der Waals surface area (Å²) in [6.45, 7) is 3.14. The van der Waals surface area contributed by atoms with Crippen LogP contribution in [0.5, 0.6) is 0 Å². The lowest BCUT2D eigenvalue weighted by molar-refractivity contribution is -0.123. The van der Waals surface area contributed by atoms with Crippen molar-refractivity contribution in [2.24, 2.45) is 5.92 Å². The molecule has 0 aromatic carbocycles. The molecule has 0 bridgehead atoms. The first kappa shape index (κ1) is 13.1. The highest BCUT2D eigenvalue weighted by Gasteiger charge is 2.22. The average Bonchev–Trinajstić information content (AvgIpc) is 2.21. The van der Waals surface area contributed by atoms with Gasteiger partial charge in [-0.15, -0.1) is 6.42 Å². The highest BCUT2D eigenvalue weighted by Crippen LogP contribution is 2.23. The first-order valence-corrected chi connectivity index (χ1v) is 6.05. The maximum absolute atomic E-state index is 11.7. The van der Waals surface area contributed by atoms with Crippen molar-refractivity contribution in [3.63, 3.8) is 0 Å². The Bertz CT molecular complexity index is 270.